The molecule has 0 aromatic heterocycles. The van der Waals surface area contributed by atoms with Gasteiger partial charge in [0.2, 0.25) is 0 Å². The van der Waals surface area contributed by atoms with Gasteiger partial charge in [-0.25, -0.2) is 0 Å². The molecule has 0 aromatic carbocycles. The molecule has 56 valence electrons. The Bertz CT molecular complexity index is 174. The lowest BCUT2D eigenvalue weighted by molar-refractivity contribution is -0.118. The first-order valence-electron chi connectivity index (χ1n) is 3.16. The zero-order valence-electron chi connectivity index (χ0n) is 5.76. The van der Waals surface area contributed by atoms with Crippen molar-refractivity contribution in [3.05, 3.63) is 11.8 Å². The minimum absolute atomic E-state index is 0.106. The van der Waals surface area contributed by atoms with Crippen molar-refractivity contribution in [3.63, 3.8) is 0 Å². The summed E-state index contributed by atoms with van der Waals surface area (Å²) in [6.45, 7) is 1.76. The predicted molar refractivity (Wildman–Crippen MR) is 39.0 cm³/mol. The van der Waals surface area contributed by atoms with Crippen molar-refractivity contribution in [3.8, 4) is 0 Å². The molecule has 0 radical (unpaired) electrons. The molecule has 0 unspecified atom stereocenters. The van der Waals surface area contributed by atoms with Gasteiger partial charge in [-0.2, -0.15) is 0 Å². The largest absolute Gasteiger partial charge is 0.493 e. The standard InChI is InChI=1S/C7H9ClO2/c1-5-2-6(9)3-7(4-8)10-5/h2,7H,3-4H2,1H3/t7-/m0/s1. The number of rotatable bonds is 1. The molecule has 0 aliphatic carbocycles. The zero-order valence-corrected chi connectivity index (χ0v) is 6.52. The van der Waals surface area contributed by atoms with Crippen molar-refractivity contribution < 1.29 is 9.53 Å². The molecule has 1 heterocycles. The first kappa shape index (κ1) is 7.61. The van der Waals surface area contributed by atoms with Crippen LogP contribution in [0.25, 0.3) is 0 Å². The zero-order chi connectivity index (χ0) is 7.56. The van der Waals surface area contributed by atoms with Gasteiger partial charge in [0.1, 0.15) is 6.10 Å². The van der Waals surface area contributed by atoms with E-state index in [9.17, 15) is 4.79 Å². The Kier molecular flexibility index (Phi) is 2.33. The second-order valence-corrected chi connectivity index (χ2v) is 2.63. The quantitative estimate of drug-likeness (QED) is 0.544. The average Bonchev–Trinajstić information content (AvgIpc) is 1.85. The molecule has 1 rings (SSSR count). The second-order valence-electron chi connectivity index (χ2n) is 2.32. The van der Waals surface area contributed by atoms with Crippen LogP contribution in [0.3, 0.4) is 0 Å². The van der Waals surface area contributed by atoms with E-state index in [0.717, 1.165) is 0 Å². The molecule has 0 fully saturated rings. The van der Waals surface area contributed by atoms with Crippen LogP contribution in [0.4, 0.5) is 0 Å². The van der Waals surface area contributed by atoms with Crippen LogP contribution in [0, 0.1) is 0 Å². The third-order valence-corrected chi connectivity index (χ3v) is 1.66. The van der Waals surface area contributed by atoms with E-state index >= 15 is 0 Å². The maximum Gasteiger partial charge on any atom is 0.162 e. The van der Waals surface area contributed by atoms with E-state index < -0.39 is 0 Å². The van der Waals surface area contributed by atoms with Gasteiger partial charge < -0.3 is 4.74 Å². The molecule has 1 aliphatic rings. The van der Waals surface area contributed by atoms with E-state index in [1.165, 1.54) is 6.08 Å². The maximum atomic E-state index is 10.8. The molecule has 0 saturated heterocycles. The number of carbonyl (C=O) groups excluding carboxylic acids is 1. The van der Waals surface area contributed by atoms with Crippen LogP contribution in [-0.2, 0) is 9.53 Å². The summed E-state index contributed by atoms with van der Waals surface area (Å²) in [6.07, 6.45) is 1.81. The number of halogens is 1. The molecule has 10 heavy (non-hydrogen) atoms. The Morgan fingerprint density at radius 3 is 3.10 bits per heavy atom. The summed E-state index contributed by atoms with van der Waals surface area (Å²) < 4.78 is 5.21. The predicted octanol–water partition coefficient (Wildman–Crippen LogP) is 1.49. The summed E-state index contributed by atoms with van der Waals surface area (Å²) in [5.41, 5.74) is 0. The van der Waals surface area contributed by atoms with Crippen LogP contribution >= 0.6 is 11.6 Å². The Hall–Kier alpha value is -0.500. The number of alkyl halides is 1. The highest BCUT2D eigenvalue weighted by atomic mass is 35.5. The van der Waals surface area contributed by atoms with Gasteiger partial charge in [-0.05, 0) is 6.92 Å². The first-order valence-corrected chi connectivity index (χ1v) is 3.69. The molecule has 0 spiro atoms. The van der Waals surface area contributed by atoms with Crippen LogP contribution in [0.2, 0.25) is 0 Å². The Balaban J connectivity index is 2.60. The minimum Gasteiger partial charge on any atom is -0.493 e. The monoisotopic (exact) mass is 160 g/mol. The van der Waals surface area contributed by atoms with Gasteiger partial charge in [-0.1, -0.05) is 0 Å². The molecule has 0 saturated carbocycles. The van der Waals surface area contributed by atoms with E-state index in [2.05, 4.69) is 0 Å². The summed E-state index contributed by atoms with van der Waals surface area (Å²) in [4.78, 5) is 10.8. The average molecular weight is 161 g/mol. The summed E-state index contributed by atoms with van der Waals surface area (Å²) in [7, 11) is 0. The topological polar surface area (TPSA) is 26.3 Å². The van der Waals surface area contributed by atoms with Crippen LogP contribution in [0.5, 0.6) is 0 Å². The summed E-state index contributed by atoms with van der Waals surface area (Å²) >= 11 is 5.51. The van der Waals surface area contributed by atoms with Crippen LogP contribution in [0.1, 0.15) is 13.3 Å². The second kappa shape index (κ2) is 3.06. The Morgan fingerprint density at radius 1 is 1.90 bits per heavy atom. The number of allylic oxidation sites excluding steroid dienone is 2. The highest BCUT2D eigenvalue weighted by Gasteiger charge is 2.17. The number of ether oxygens (including phenoxy) is 1. The van der Waals surface area contributed by atoms with Crippen molar-refractivity contribution in [2.75, 3.05) is 5.88 Å². The maximum absolute atomic E-state index is 10.8. The van der Waals surface area contributed by atoms with Crippen molar-refractivity contribution in [2.24, 2.45) is 0 Å². The van der Waals surface area contributed by atoms with Crippen molar-refractivity contribution in [2.45, 2.75) is 19.4 Å². The molecule has 3 heteroatoms. The third-order valence-electron chi connectivity index (χ3n) is 1.32. The molecule has 0 N–H and O–H groups in total. The van der Waals surface area contributed by atoms with Gasteiger partial charge in [0, 0.05) is 12.5 Å². The molecular formula is C7H9ClO2. The van der Waals surface area contributed by atoms with Gasteiger partial charge in [-0.3, -0.25) is 4.79 Å². The van der Waals surface area contributed by atoms with E-state index in [1.54, 1.807) is 6.92 Å². The van der Waals surface area contributed by atoms with Crippen LogP contribution in [0.15, 0.2) is 11.8 Å². The SMILES string of the molecule is CC1=CC(=O)C[C@@H](CCl)O1. The van der Waals surface area contributed by atoms with Gasteiger partial charge in [0.25, 0.3) is 0 Å². The lowest BCUT2D eigenvalue weighted by atomic mass is 10.1. The number of hydrogen-bond donors (Lipinski definition) is 0. The normalized spacial score (nSPS) is 25.6. The minimum atomic E-state index is -0.112. The number of carbonyl (C=O) groups is 1. The highest BCUT2D eigenvalue weighted by molar-refractivity contribution is 6.18. The molecule has 2 nitrogen and oxygen atoms in total. The molecule has 0 bridgehead atoms. The van der Waals surface area contributed by atoms with E-state index in [4.69, 9.17) is 16.3 Å². The van der Waals surface area contributed by atoms with E-state index in [0.29, 0.717) is 18.1 Å². The fraction of sp³-hybridized carbons (Fsp3) is 0.571. The fourth-order valence-corrected chi connectivity index (χ4v) is 1.11. The molecule has 0 amide bonds. The van der Waals surface area contributed by atoms with E-state index in [1.807, 2.05) is 0 Å². The molecule has 1 atom stereocenters. The van der Waals surface area contributed by atoms with Crippen LogP contribution in [-0.4, -0.2) is 17.8 Å². The van der Waals surface area contributed by atoms with Crippen LogP contribution < -0.4 is 0 Å². The van der Waals surface area contributed by atoms with Gasteiger partial charge in [0.15, 0.2) is 5.78 Å². The molecule has 1 aliphatic heterocycles. The fourth-order valence-electron chi connectivity index (χ4n) is 0.935. The van der Waals surface area contributed by atoms with Crippen molar-refractivity contribution in [1.82, 2.24) is 0 Å². The Labute approximate surface area is 64.8 Å². The highest BCUT2D eigenvalue weighted by Crippen LogP contribution is 2.14. The lowest BCUT2D eigenvalue weighted by Gasteiger charge is -2.19. The van der Waals surface area contributed by atoms with Gasteiger partial charge >= 0.3 is 0 Å². The van der Waals surface area contributed by atoms with Crippen molar-refractivity contribution >= 4 is 17.4 Å². The molecular weight excluding hydrogens is 152 g/mol. The van der Waals surface area contributed by atoms with Crippen molar-refractivity contribution in [1.29, 1.82) is 0 Å². The third kappa shape index (κ3) is 1.74. The smallest absolute Gasteiger partial charge is 0.162 e. The Morgan fingerprint density at radius 2 is 2.60 bits per heavy atom. The summed E-state index contributed by atoms with van der Waals surface area (Å²) in [5.74, 6) is 1.16. The van der Waals surface area contributed by atoms with Gasteiger partial charge in [-0.15, -0.1) is 11.6 Å². The summed E-state index contributed by atoms with van der Waals surface area (Å²) in [6, 6.07) is 0. The number of hydrogen-bond acceptors (Lipinski definition) is 2. The summed E-state index contributed by atoms with van der Waals surface area (Å²) in [5, 5.41) is 0. The molecule has 0 aromatic rings. The van der Waals surface area contributed by atoms with Gasteiger partial charge in [0.05, 0.1) is 11.6 Å². The first-order chi connectivity index (χ1) is 4.72. The van der Waals surface area contributed by atoms with E-state index in [-0.39, 0.29) is 11.9 Å². The number of ketones is 1. The lowest BCUT2D eigenvalue weighted by Crippen LogP contribution is -2.22.